The molecule has 2 heteroatoms. The van der Waals surface area contributed by atoms with Gasteiger partial charge in [0.05, 0.1) is 5.84 Å². The zero-order valence-corrected chi connectivity index (χ0v) is 8.35. The Labute approximate surface area is 75.3 Å². The Morgan fingerprint density at radius 3 is 2.67 bits per heavy atom. The van der Waals surface area contributed by atoms with Gasteiger partial charge in [-0.15, -0.1) is 0 Å². The molecular weight excluding hydrogens is 148 g/mol. The van der Waals surface area contributed by atoms with Crippen molar-refractivity contribution in [1.82, 2.24) is 5.32 Å². The van der Waals surface area contributed by atoms with Crippen LogP contribution in [0.15, 0.2) is 0 Å². The molecule has 0 unspecified atom stereocenters. The summed E-state index contributed by atoms with van der Waals surface area (Å²) >= 11 is 0. The van der Waals surface area contributed by atoms with Gasteiger partial charge in [0.1, 0.15) is 0 Å². The van der Waals surface area contributed by atoms with Crippen LogP contribution in [-0.2, 0) is 0 Å². The van der Waals surface area contributed by atoms with E-state index in [0.29, 0.717) is 11.8 Å². The molecule has 1 heterocycles. The summed E-state index contributed by atoms with van der Waals surface area (Å²) in [6.07, 6.45) is 2.45. The highest BCUT2D eigenvalue weighted by atomic mass is 14.9. The van der Waals surface area contributed by atoms with Crippen molar-refractivity contribution in [1.29, 1.82) is 5.41 Å². The second-order valence-electron chi connectivity index (χ2n) is 4.33. The maximum Gasteiger partial charge on any atom is 0.0965 e. The van der Waals surface area contributed by atoms with Gasteiger partial charge in [-0.25, -0.2) is 0 Å². The highest BCUT2D eigenvalue weighted by Gasteiger charge is 2.22. The van der Waals surface area contributed by atoms with Crippen LogP contribution in [0.5, 0.6) is 0 Å². The van der Waals surface area contributed by atoms with Crippen LogP contribution in [0.25, 0.3) is 0 Å². The Balaban J connectivity index is 2.56. The summed E-state index contributed by atoms with van der Waals surface area (Å²) in [5.74, 6) is 2.56. The molecule has 1 aliphatic heterocycles. The molecule has 1 fully saturated rings. The van der Waals surface area contributed by atoms with Crippen LogP contribution in [0.3, 0.4) is 0 Å². The number of hydrogen-bond acceptors (Lipinski definition) is 1. The smallest absolute Gasteiger partial charge is 0.0965 e. The Kier molecular flexibility index (Phi) is 3.12. The minimum Gasteiger partial charge on any atom is -0.374 e. The SMILES string of the molecule is CC(C)[C@@H]1CC[C@@H](C)CNC1=N. The molecule has 0 saturated carbocycles. The first-order valence-corrected chi connectivity index (χ1v) is 4.93. The molecule has 0 aromatic carbocycles. The molecule has 1 aliphatic rings. The molecule has 2 nitrogen and oxygen atoms in total. The van der Waals surface area contributed by atoms with Gasteiger partial charge in [0.25, 0.3) is 0 Å². The Morgan fingerprint density at radius 2 is 2.08 bits per heavy atom. The van der Waals surface area contributed by atoms with E-state index in [9.17, 15) is 0 Å². The number of amidine groups is 1. The van der Waals surface area contributed by atoms with Crippen LogP contribution in [0.4, 0.5) is 0 Å². The molecule has 12 heavy (non-hydrogen) atoms. The van der Waals surface area contributed by atoms with Gasteiger partial charge in [-0.05, 0) is 24.7 Å². The van der Waals surface area contributed by atoms with Crippen molar-refractivity contribution in [2.24, 2.45) is 17.8 Å². The van der Waals surface area contributed by atoms with Crippen LogP contribution >= 0.6 is 0 Å². The fraction of sp³-hybridized carbons (Fsp3) is 0.900. The van der Waals surface area contributed by atoms with E-state index in [0.717, 1.165) is 18.3 Å². The predicted molar refractivity (Wildman–Crippen MR) is 52.5 cm³/mol. The van der Waals surface area contributed by atoms with Crippen molar-refractivity contribution in [3.05, 3.63) is 0 Å². The van der Waals surface area contributed by atoms with Crippen LogP contribution < -0.4 is 5.32 Å². The maximum atomic E-state index is 7.80. The molecule has 0 radical (unpaired) electrons. The summed E-state index contributed by atoms with van der Waals surface area (Å²) in [4.78, 5) is 0. The molecule has 2 N–H and O–H groups in total. The zero-order chi connectivity index (χ0) is 9.14. The lowest BCUT2D eigenvalue weighted by Crippen LogP contribution is -2.31. The average molecular weight is 168 g/mol. The van der Waals surface area contributed by atoms with Gasteiger partial charge in [-0.3, -0.25) is 5.41 Å². The summed E-state index contributed by atoms with van der Waals surface area (Å²) in [5.41, 5.74) is 0. The first-order chi connectivity index (χ1) is 5.61. The van der Waals surface area contributed by atoms with Crippen LogP contribution in [0, 0.1) is 23.2 Å². The highest BCUT2D eigenvalue weighted by molar-refractivity contribution is 5.81. The summed E-state index contributed by atoms with van der Waals surface area (Å²) < 4.78 is 0. The van der Waals surface area contributed by atoms with E-state index in [2.05, 4.69) is 26.1 Å². The second-order valence-corrected chi connectivity index (χ2v) is 4.33. The molecule has 0 aliphatic carbocycles. The molecule has 1 rings (SSSR count). The largest absolute Gasteiger partial charge is 0.374 e. The third-order valence-electron chi connectivity index (χ3n) is 2.79. The Morgan fingerprint density at radius 1 is 1.42 bits per heavy atom. The molecule has 1 saturated heterocycles. The third-order valence-corrected chi connectivity index (χ3v) is 2.79. The lowest BCUT2D eigenvalue weighted by Gasteiger charge is -2.19. The molecule has 70 valence electrons. The maximum absolute atomic E-state index is 7.80. The summed E-state index contributed by atoms with van der Waals surface area (Å²) in [7, 11) is 0. The topological polar surface area (TPSA) is 35.9 Å². The van der Waals surface area contributed by atoms with E-state index in [4.69, 9.17) is 5.41 Å². The van der Waals surface area contributed by atoms with Crippen molar-refractivity contribution in [2.75, 3.05) is 6.54 Å². The molecule has 2 atom stereocenters. The molecule has 0 amide bonds. The van der Waals surface area contributed by atoms with E-state index in [1.165, 1.54) is 12.8 Å². The van der Waals surface area contributed by atoms with E-state index in [1.54, 1.807) is 0 Å². The highest BCUT2D eigenvalue weighted by Crippen LogP contribution is 2.22. The first kappa shape index (κ1) is 9.56. The third kappa shape index (κ3) is 2.23. The molecular formula is C10H20N2. The summed E-state index contributed by atoms with van der Waals surface area (Å²) in [6, 6.07) is 0. The van der Waals surface area contributed by atoms with Crippen molar-refractivity contribution < 1.29 is 0 Å². The molecule has 0 bridgehead atoms. The minimum atomic E-state index is 0.468. The normalized spacial score (nSPS) is 31.5. The van der Waals surface area contributed by atoms with Crippen molar-refractivity contribution >= 4 is 5.84 Å². The lowest BCUT2D eigenvalue weighted by atomic mass is 9.89. The van der Waals surface area contributed by atoms with Crippen molar-refractivity contribution in [3.8, 4) is 0 Å². The Bertz CT molecular complexity index is 163. The fourth-order valence-corrected chi connectivity index (χ4v) is 1.79. The van der Waals surface area contributed by atoms with Crippen molar-refractivity contribution in [3.63, 3.8) is 0 Å². The van der Waals surface area contributed by atoms with E-state index < -0.39 is 0 Å². The van der Waals surface area contributed by atoms with E-state index >= 15 is 0 Å². The van der Waals surface area contributed by atoms with Crippen LogP contribution in [-0.4, -0.2) is 12.4 Å². The average Bonchev–Trinajstić information content (AvgIpc) is 2.14. The van der Waals surface area contributed by atoms with Crippen molar-refractivity contribution in [2.45, 2.75) is 33.6 Å². The molecule has 0 aromatic heterocycles. The van der Waals surface area contributed by atoms with Gasteiger partial charge in [0.15, 0.2) is 0 Å². The van der Waals surface area contributed by atoms with Gasteiger partial charge in [-0.1, -0.05) is 20.8 Å². The van der Waals surface area contributed by atoms with Crippen LogP contribution in [0.1, 0.15) is 33.6 Å². The number of rotatable bonds is 1. The fourth-order valence-electron chi connectivity index (χ4n) is 1.79. The number of hydrogen-bond donors (Lipinski definition) is 2. The van der Waals surface area contributed by atoms with Crippen LogP contribution in [0.2, 0.25) is 0 Å². The molecule has 0 spiro atoms. The summed E-state index contributed by atoms with van der Waals surface area (Å²) in [5, 5.41) is 11.0. The van der Waals surface area contributed by atoms with Gasteiger partial charge < -0.3 is 5.32 Å². The predicted octanol–water partition coefficient (Wildman–Crippen LogP) is 2.26. The monoisotopic (exact) mass is 168 g/mol. The number of nitrogens with one attached hydrogen (secondary N) is 2. The van der Waals surface area contributed by atoms with Gasteiger partial charge in [-0.2, -0.15) is 0 Å². The molecule has 0 aromatic rings. The quantitative estimate of drug-likeness (QED) is 0.619. The minimum absolute atomic E-state index is 0.468. The summed E-state index contributed by atoms with van der Waals surface area (Å²) in [6.45, 7) is 7.65. The first-order valence-electron chi connectivity index (χ1n) is 4.93. The van der Waals surface area contributed by atoms with Gasteiger partial charge >= 0.3 is 0 Å². The van der Waals surface area contributed by atoms with Gasteiger partial charge in [0.2, 0.25) is 0 Å². The lowest BCUT2D eigenvalue weighted by molar-refractivity contribution is 0.424. The Hall–Kier alpha value is -0.530. The zero-order valence-electron chi connectivity index (χ0n) is 8.35. The van der Waals surface area contributed by atoms with Gasteiger partial charge in [0, 0.05) is 12.5 Å². The second kappa shape index (κ2) is 3.92. The van der Waals surface area contributed by atoms with E-state index in [-0.39, 0.29) is 0 Å². The standard InChI is InChI=1S/C10H20N2/c1-7(2)9-5-4-8(3)6-12-10(9)11/h7-9H,4-6H2,1-3H3,(H2,11,12)/t8-,9+/m1/s1. The van der Waals surface area contributed by atoms with E-state index in [1.807, 2.05) is 0 Å².